The van der Waals surface area contributed by atoms with Crippen LogP contribution in [0.25, 0.3) is 10.6 Å². The van der Waals surface area contributed by atoms with Gasteiger partial charge >= 0.3 is 6.18 Å². The average molecular weight is 449 g/mol. The Balaban J connectivity index is 1.83. The Hall–Kier alpha value is -2.87. The lowest BCUT2D eigenvalue weighted by Crippen LogP contribution is -2.04. The zero-order valence-corrected chi connectivity index (χ0v) is 18.1. The van der Waals surface area contributed by atoms with E-state index < -0.39 is 11.7 Å². The Morgan fingerprint density at radius 2 is 1.74 bits per heavy atom. The third-order valence-corrected chi connectivity index (χ3v) is 6.11. The quantitative estimate of drug-likeness (QED) is 0.422. The van der Waals surface area contributed by atoms with E-state index >= 15 is 0 Å². The van der Waals surface area contributed by atoms with Crippen LogP contribution < -0.4 is 0 Å². The minimum absolute atomic E-state index is 0.0777. The zero-order chi connectivity index (χ0) is 22.9. The molecule has 0 bridgehead atoms. The minimum Gasteiger partial charge on any atom is -0.508 e. The molecule has 0 saturated heterocycles. The summed E-state index contributed by atoms with van der Waals surface area (Å²) in [6.45, 7) is 5.57. The number of Topliss-reactive ketones (excluding diaryl/α,β-unsaturated/α-hetero) is 1. The monoisotopic (exact) mass is 449 g/mol. The molecule has 1 aromatic heterocycles. The molecule has 0 saturated carbocycles. The Kier molecular flexibility index (Phi) is 6.40. The molecule has 2 N–H and O–H groups in total. The number of carbonyl (C=O) groups excluding carboxylic acids is 1. The summed E-state index contributed by atoms with van der Waals surface area (Å²) in [7, 11) is 0. The standard InChI is InChI=1S/C23H22F3NO3S/c1-12(2)21-20(9-8-17(28)16-10-13(3)18(29)11-19(16)30)31-22(27-21)14-4-6-15(7-5-14)23(24,25)26/h4-7,10-12,29-30H,8-9H2,1-3H3. The van der Waals surface area contributed by atoms with E-state index in [1.807, 2.05) is 13.8 Å². The summed E-state index contributed by atoms with van der Waals surface area (Å²) < 4.78 is 38.4. The molecule has 0 aliphatic carbocycles. The molecule has 0 spiro atoms. The van der Waals surface area contributed by atoms with Crippen LogP contribution in [-0.2, 0) is 12.6 Å². The van der Waals surface area contributed by atoms with Gasteiger partial charge in [-0.2, -0.15) is 13.2 Å². The van der Waals surface area contributed by atoms with Gasteiger partial charge in [0.2, 0.25) is 0 Å². The Morgan fingerprint density at radius 1 is 1.10 bits per heavy atom. The molecule has 4 nitrogen and oxygen atoms in total. The zero-order valence-electron chi connectivity index (χ0n) is 17.2. The van der Waals surface area contributed by atoms with Crippen LogP contribution in [0.15, 0.2) is 36.4 Å². The average Bonchev–Trinajstić information content (AvgIpc) is 3.13. The normalized spacial score (nSPS) is 11.8. The maximum Gasteiger partial charge on any atom is 0.416 e. The lowest BCUT2D eigenvalue weighted by molar-refractivity contribution is -0.137. The minimum atomic E-state index is -4.39. The van der Waals surface area contributed by atoms with Gasteiger partial charge in [-0.05, 0) is 43.0 Å². The highest BCUT2D eigenvalue weighted by Crippen LogP contribution is 2.36. The van der Waals surface area contributed by atoms with Crippen molar-refractivity contribution in [3.05, 3.63) is 63.7 Å². The predicted octanol–water partition coefficient (Wildman–Crippen LogP) is 6.49. The summed E-state index contributed by atoms with van der Waals surface area (Å²) in [5.74, 6) is -0.541. The molecule has 164 valence electrons. The van der Waals surface area contributed by atoms with Crippen molar-refractivity contribution in [1.29, 1.82) is 0 Å². The molecular weight excluding hydrogens is 427 g/mol. The number of aromatic nitrogens is 1. The van der Waals surface area contributed by atoms with E-state index in [2.05, 4.69) is 4.98 Å². The van der Waals surface area contributed by atoms with Gasteiger partial charge in [0.15, 0.2) is 5.78 Å². The lowest BCUT2D eigenvalue weighted by atomic mass is 10.0. The van der Waals surface area contributed by atoms with E-state index in [-0.39, 0.29) is 35.2 Å². The molecule has 0 aliphatic heterocycles. The maximum atomic E-state index is 12.8. The summed E-state index contributed by atoms with van der Waals surface area (Å²) in [5.41, 5.74) is 1.31. The number of phenols is 2. The fourth-order valence-corrected chi connectivity index (χ4v) is 4.41. The lowest BCUT2D eigenvalue weighted by Gasteiger charge is -2.08. The summed E-state index contributed by atoms with van der Waals surface area (Å²) >= 11 is 1.35. The third kappa shape index (κ3) is 5.07. The van der Waals surface area contributed by atoms with Gasteiger partial charge in [-0.1, -0.05) is 26.0 Å². The van der Waals surface area contributed by atoms with Crippen LogP contribution in [0.4, 0.5) is 13.2 Å². The van der Waals surface area contributed by atoms with Gasteiger partial charge < -0.3 is 10.2 Å². The van der Waals surface area contributed by atoms with Crippen LogP contribution in [0.5, 0.6) is 11.5 Å². The first-order chi connectivity index (χ1) is 14.5. The highest BCUT2D eigenvalue weighted by molar-refractivity contribution is 7.15. The van der Waals surface area contributed by atoms with Gasteiger partial charge in [-0.3, -0.25) is 4.79 Å². The summed E-state index contributed by atoms with van der Waals surface area (Å²) in [6.07, 6.45) is -3.87. The molecule has 0 fully saturated rings. The van der Waals surface area contributed by atoms with Crippen molar-refractivity contribution in [1.82, 2.24) is 4.98 Å². The number of aryl methyl sites for hydroxylation is 2. The molecule has 0 aliphatic rings. The highest BCUT2D eigenvalue weighted by Gasteiger charge is 2.30. The van der Waals surface area contributed by atoms with Crippen molar-refractivity contribution in [3.8, 4) is 22.1 Å². The van der Waals surface area contributed by atoms with Gasteiger partial charge in [-0.15, -0.1) is 11.3 Å². The third-order valence-electron chi connectivity index (χ3n) is 4.93. The number of aromatic hydroxyl groups is 2. The number of benzene rings is 2. The number of ketones is 1. The van der Waals surface area contributed by atoms with Gasteiger partial charge in [0.05, 0.1) is 16.8 Å². The topological polar surface area (TPSA) is 70.4 Å². The van der Waals surface area contributed by atoms with Crippen molar-refractivity contribution < 1.29 is 28.2 Å². The Labute approximate surface area is 182 Å². The van der Waals surface area contributed by atoms with Crippen LogP contribution in [0.2, 0.25) is 0 Å². The first-order valence-corrected chi connectivity index (χ1v) is 10.5. The molecular formula is C23H22F3NO3S. The number of nitrogens with zero attached hydrogens (tertiary/aromatic N) is 1. The van der Waals surface area contributed by atoms with Crippen molar-refractivity contribution in [2.45, 2.75) is 45.7 Å². The molecule has 0 unspecified atom stereocenters. The first-order valence-electron chi connectivity index (χ1n) is 9.70. The van der Waals surface area contributed by atoms with E-state index in [1.54, 1.807) is 6.92 Å². The number of hydrogen-bond acceptors (Lipinski definition) is 5. The fraction of sp³-hybridized carbons (Fsp3) is 0.304. The Morgan fingerprint density at radius 3 is 2.32 bits per heavy atom. The van der Waals surface area contributed by atoms with Gasteiger partial charge in [0.1, 0.15) is 16.5 Å². The summed E-state index contributed by atoms with van der Waals surface area (Å²) in [5, 5.41) is 20.2. The molecule has 1 heterocycles. The smallest absolute Gasteiger partial charge is 0.416 e. The number of rotatable bonds is 6. The van der Waals surface area contributed by atoms with E-state index in [9.17, 15) is 28.2 Å². The fourth-order valence-electron chi connectivity index (χ4n) is 3.19. The van der Waals surface area contributed by atoms with Crippen LogP contribution >= 0.6 is 11.3 Å². The molecule has 0 radical (unpaired) electrons. The van der Waals surface area contributed by atoms with Crippen molar-refractivity contribution in [3.63, 3.8) is 0 Å². The van der Waals surface area contributed by atoms with E-state index in [0.29, 0.717) is 22.6 Å². The van der Waals surface area contributed by atoms with Gasteiger partial charge in [0, 0.05) is 22.9 Å². The second-order valence-corrected chi connectivity index (χ2v) is 8.72. The first kappa shape index (κ1) is 22.8. The second-order valence-electron chi connectivity index (χ2n) is 7.64. The highest BCUT2D eigenvalue weighted by atomic mass is 32.1. The van der Waals surface area contributed by atoms with Crippen LogP contribution in [0.1, 0.15) is 58.2 Å². The summed E-state index contributed by atoms with van der Waals surface area (Å²) in [6, 6.07) is 7.47. The van der Waals surface area contributed by atoms with E-state index in [1.165, 1.54) is 29.5 Å². The predicted molar refractivity (Wildman–Crippen MR) is 114 cm³/mol. The summed E-state index contributed by atoms with van der Waals surface area (Å²) in [4.78, 5) is 18.1. The van der Waals surface area contributed by atoms with Crippen LogP contribution in [0.3, 0.4) is 0 Å². The maximum absolute atomic E-state index is 12.8. The molecule has 3 aromatic rings. The number of hydrogen-bond donors (Lipinski definition) is 2. The molecule has 0 amide bonds. The SMILES string of the molecule is Cc1cc(C(=O)CCc2sc(-c3ccc(C(F)(F)F)cc3)nc2C(C)C)c(O)cc1O. The second kappa shape index (κ2) is 8.70. The van der Waals surface area contributed by atoms with Crippen LogP contribution in [-0.4, -0.2) is 21.0 Å². The van der Waals surface area contributed by atoms with Gasteiger partial charge in [0.25, 0.3) is 0 Å². The molecule has 31 heavy (non-hydrogen) atoms. The van der Waals surface area contributed by atoms with Gasteiger partial charge in [-0.25, -0.2) is 4.98 Å². The molecule has 2 aromatic carbocycles. The van der Waals surface area contributed by atoms with Crippen molar-refractivity contribution >= 4 is 17.1 Å². The molecule has 0 atom stereocenters. The number of phenolic OH excluding ortho intramolecular Hbond substituents is 2. The number of alkyl halides is 3. The van der Waals surface area contributed by atoms with Crippen molar-refractivity contribution in [2.75, 3.05) is 0 Å². The number of thiazole rings is 1. The Bertz CT molecular complexity index is 1100. The number of carbonyl (C=O) groups is 1. The van der Waals surface area contributed by atoms with E-state index in [0.717, 1.165) is 28.8 Å². The van der Waals surface area contributed by atoms with Crippen molar-refractivity contribution in [2.24, 2.45) is 0 Å². The number of halogens is 3. The molecule has 8 heteroatoms. The largest absolute Gasteiger partial charge is 0.508 e. The van der Waals surface area contributed by atoms with Crippen LogP contribution in [0, 0.1) is 6.92 Å². The molecule has 3 rings (SSSR count). The van der Waals surface area contributed by atoms with E-state index in [4.69, 9.17) is 0 Å².